The van der Waals surface area contributed by atoms with Gasteiger partial charge in [0, 0.05) is 39.5 Å². The highest BCUT2D eigenvalue weighted by molar-refractivity contribution is 5.79. The number of piperidine rings is 1. The Balaban J connectivity index is 1.85. The van der Waals surface area contributed by atoms with Crippen LogP contribution in [0.1, 0.15) is 30.7 Å². The molecule has 124 valence electrons. The molecule has 5 heteroatoms. The highest BCUT2D eigenvalue weighted by Gasteiger charge is 2.49. The van der Waals surface area contributed by atoms with E-state index in [0.29, 0.717) is 13.0 Å². The minimum absolute atomic E-state index is 0.107. The summed E-state index contributed by atoms with van der Waals surface area (Å²) in [5, 5.41) is 3.27. The molecule has 0 aromatic heterocycles. The highest BCUT2D eigenvalue weighted by Crippen LogP contribution is 2.41. The molecule has 0 unspecified atom stereocenters. The van der Waals surface area contributed by atoms with Gasteiger partial charge in [-0.15, -0.1) is 0 Å². The van der Waals surface area contributed by atoms with E-state index in [0.717, 1.165) is 25.9 Å². The van der Waals surface area contributed by atoms with Crippen LogP contribution in [0.4, 0.5) is 0 Å². The van der Waals surface area contributed by atoms with Gasteiger partial charge in [0.05, 0.1) is 12.1 Å². The number of carbonyl (C=O) groups is 2. The van der Waals surface area contributed by atoms with Gasteiger partial charge in [-0.1, -0.05) is 30.3 Å². The second-order valence-electron chi connectivity index (χ2n) is 6.98. The Hall–Kier alpha value is -1.88. The van der Waals surface area contributed by atoms with Crippen molar-refractivity contribution in [2.45, 2.75) is 30.7 Å². The van der Waals surface area contributed by atoms with Crippen LogP contribution in [-0.2, 0) is 9.59 Å². The van der Waals surface area contributed by atoms with E-state index in [-0.39, 0.29) is 23.3 Å². The van der Waals surface area contributed by atoms with Gasteiger partial charge in [-0.2, -0.15) is 0 Å². The Kier molecular flexibility index (Phi) is 4.39. The van der Waals surface area contributed by atoms with E-state index in [1.54, 1.807) is 19.0 Å². The summed E-state index contributed by atoms with van der Waals surface area (Å²) in [6.45, 7) is 1.97. The maximum Gasteiger partial charge on any atom is 0.236 e. The standard InChI is InChI=1S/C18H25N3O2/c1-20(2)17(23)12-21-11-15(14-7-4-3-5-8-14)18(13-21)10-6-9-16(22)19-18/h3-5,7-8,15H,6,9-13H2,1-2H3,(H,19,22)/t15-,18+/m0/s1. The van der Waals surface area contributed by atoms with Crippen LogP contribution in [0.25, 0.3) is 0 Å². The lowest BCUT2D eigenvalue weighted by atomic mass is 9.76. The van der Waals surface area contributed by atoms with Crippen molar-refractivity contribution in [3.8, 4) is 0 Å². The molecule has 0 radical (unpaired) electrons. The number of amides is 2. The molecule has 2 fully saturated rings. The summed E-state index contributed by atoms with van der Waals surface area (Å²) in [7, 11) is 3.57. The predicted octanol–water partition coefficient (Wildman–Crippen LogP) is 1.21. The molecule has 1 spiro atoms. The molecule has 0 aliphatic carbocycles. The van der Waals surface area contributed by atoms with Crippen molar-refractivity contribution in [3.05, 3.63) is 35.9 Å². The van der Waals surface area contributed by atoms with E-state index in [4.69, 9.17) is 0 Å². The number of nitrogens with one attached hydrogen (secondary N) is 1. The quantitative estimate of drug-likeness (QED) is 0.912. The summed E-state index contributed by atoms with van der Waals surface area (Å²) >= 11 is 0. The van der Waals surface area contributed by atoms with Crippen molar-refractivity contribution in [1.82, 2.24) is 15.1 Å². The van der Waals surface area contributed by atoms with E-state index in [1.165, 1.54) is 5.56 Å². The third-order valence-electron chi connectivity index (χ3n) is 5.09. The van der Waals surface area contributed by atoms with Crippen LogP contribution < -0.4 is 5.32 Å². The maximum absolute atomic E-state index is 12.1. The Morgan fingerprint density at radius 2 is 2.09 bits per heavy atom. The Bertz CT molecular complexity index is 587. The van der Waals surface area contributed by atoms with Crippen LogP contribution in [0.3, 0.4) is 0 Å². The van der Waals surface area contributed by atoms with E-state index in [9.17, 15) is 9.59 Å². The first-order valence-corrected chi connectivity index (χ1v) is 8.29. The zero-order valence-electron chi connectivity index (χ0n) is 13.9. The van der Waals surface area contributed by atoms with Crippen LogP contribution >= 0.6 is 0 Å². The number of nitrogens with zero attached hydrogens (tertiary/aromatic N) is 2. The molecule has 1 N–H and O–H groups in total. The maximum atomic E-state index is 12.1. The third kappa shape index (κ3) is 3.24. The first kappa shape index (κ1) is 16.0. The molecule has 1 aromatic rings. The summed E-state index contributed by atoms with van der Waals surface area (Å²) in [5.74, 6) is 0.483. The SMILES string of the molecule is CN(C)C(=O)CN1C[C@@H](c2ccccc2)[C@@]2(CCCC(=O)N2)C1. The predicted molar refractivity (Wildman–Crippen MR) is 89.0 cm³/mol. The summed E-state index contributed by atoms with van der Waals surface area (Å²) in [4.78, 5) is 27.9. The summed E-state index contributed by atoms with van der Waals surface area (Å²) in [5.41, 5.74) is 1.01. The molecule has 2 amide bonds. The molecule has 0 bridgehead atoms. The van der Waals surface area contributed by atoms with Gasteiger partial charge in [0.25, 0.3) is 0 Å². The number of carbonyl (C=O) groups excluding carboxylic acids is 2. The number of likely N-dealkylation sites (N-methyl/N-ethyl adjacent to an activating group) is 1. The van der Waals surface area contributed by atoms with Gasteiger partial charge in [-0.05, 0) is 18.4 Å². The van der Waals surface area contributed by atoms with Crippen LogP contribution in [0.2, 0.25) is 0 Å². The van der Waals surface area contributed by atoms with Gasteiger partial charge >= 0.3 is 0 Å². The Labute approximate surface area is 137 Å². The average molecular weight is 315 g/mol. The van der Waals surface area contributed by atoms with E-state index >= 15 is 0 Å². The van der Waals surface area contributed by atoms with Gasteiger partial charge < -0.3 is 10.2 Å². The highest BCUT2D eigenvalue weighted by atomic mass is 16.2. The molecular formula is C18H25N3O2. The van der Waals surface area contributed by atoms with Crippen molar-refractivity contribution < 1.29 is 9.59 Å². The molecule has 1 aromatic carbocycles. The largest absolute Gasteiger partial charge is 0.349 e. The number of hydrogen-bond donors (Lipinski definition) is 1. The van der Waals surface area contributed by atoms with E-state index in [2.05, 4.69) is 22.3 Å². The lowest BCUT2D eigenvalue weighted by molar-refractivity contribution is -0.129. The first-order valence-electron chi connectivity index (χ1n) is 8.29. The van der Waals surface area contributed by atoms with Crippen molar-refractivity contribution in [3.63, 3.8) is 0 Å². The molecule has 0 saturated carbocycles. The molecule has 23 heavy (non-hydrogen) atoms. The van der Waals surface area contributed by atoms with Crippen LogP contribution in [0, 0.1) is 0 Å². The van der Waals surface area contributed by atoms with Crippen molar-refractivity contribution in [2.24, 2.45) is 0 Å². The average Bonchev–Trinajstić information content (AvgIpc) is 2.85. The number of likely N-dealkylation sites (tertiary alicyclic amines) is 1. The summed E-state index contributed by atoms with van der Waals surface area (Å²) < 4.78 is 0. The summed E-state index contributed by atoms with van der Waals surface area (Å²) in [6.07, 6.45) is 2.51. The summed E-state index contributed by atoms with van der Waals surface area (Å²) in [6, 6.07) is 10.4. The van der Waals surface area contributed by atoms with Crippen molar-refractivity contribution >= 4 is 11.8 Å². The molecule has 2 saturated heterocycles. The van der Waals surface area contributed by atoms with Crippen molar-refractivity contribution in [1.29, 1.82) is 0 Å². The molecule has 2 atom stereocenters. The Morgan fingerprint density at radius 3 is 2.74 bits per heavy atom. The molecule has 2 aliphatic rings. The fourth-order valence-electron chi connectivity index (χ4n) is 3.92. The second kappa shape index (κ2) is 6.32. The number of hydrogen-bond acceptors (Lipinski definition) is 3. The van der Waals surface area contributed by atoms with Gasteiger partial charge in [0.1, 0.15) is 0 Å². The molecular weight excluding hydrogens is 290 g/mol. The topological polar surface area (TPSA) is 52.7 Å². The number of rotatable bonds is 3. The van der Waals surface area contributed by atoms with Crippen molar-refractivity contribution in [2.75, 3.05) is 33.7 Å². The van der Waals surface area contributed by atoms with E-state index < -0.39 is 0 Å². The monoisotopic (exact) mass is 315 g/mol. The lowest BCUT2D eigenvalue weighted by Gasteiger charge is -2.39. The molecule has 2 heterocycles. The first-order chi connectivity index (χ1) is 11.0. The Morgan fingerprint density at radius 1 is 1.35 bits per heavy atom. The van der Waals surface area contributed by atoms with Gasteiger partial charge in [0.2, 0.25) is 11.8 Å². The van der Waals surface area contributed by atoms with Gasteiger partial charge in [0.15, 0.2) is 0 Å². The minimum Gasteiger partial charge on any atom is -0.349 e. The number of benzene rings is 1. The van der Waals surface area contributed by atoms with Crippen LogP contribution in [0.15, 0.2) is 30.3 Å². The zero-order chi connectivity index (χ0) is 16.4. The fourth-order valence-corrected chi connectivity index (χ4v) is 3.92. The zero-order valence-corrected chi connectivity index (χ0v) is 13.9. The normalized spacial score (nSPS) is 27.9. The lowest BCUT2D eigenvalue weighted by Crippen LogP contribution is -2.56. The van der Waals surface area contributed by atoms with Gasteiger partial charge in [-0.3, -0.25) is 14.5 Å². The molecule has 3 rings (SSSR count). The fraction of sp³-hybridized carbons (Fsp3) is 0.556. The minimum atomic E-state index is -0.233. The smallest absolute Gasteiger partial charge is 0.236 e. The van der Waals surface area contributed by atoms with Gasteiger partial charge in [-0.25, -0.2) is 0 Å². The van der Waals surface area contributed by atoms with E-state index in [1.807, 2.05) is 18.2 Å². The molecule has 5 nitrogen and oxygen atoms in total. The third-order valence-corrected chi connectivity index (χ3v) is 5.09. The second-order valence-corrected chi connectivity index (χ2v) is 6.98. The van der Waals surface area contributed by atoms with Crippen LogP contribution in [-0.4, -0.2) is 60.9 Å². The molecule has 2 aliphatic heterocycles. The van der Waals surface area contributed by atoms with Crippen LogP contribution in [0.5, 0.6) is 0 Å².